The Morgan fingerprint density at radius 1 is 1.59 bits per heavy atom. The van der Waals surface area contributed by atoms with Crippen molar-refractivity contribution in [1.82, 2.24) is 5.32 Å². The minimum atomic E-state index is -0.0726. The van der Waals surface area contributed by atoms with Gasteiger partial charge in [0.1, 0.15) is 12.0 Å². The van der Waals surface area contributed by atoms with Crippen molar-refractivity contribution in [3.8, 4) is 0 Å². The average Bonchev–Trinajstić information content (AvgIpc) is 2.71. The van der Waals surface area contributed by atoms with Gasteiger partial charge in [-0.05, 0) is 24.3 Å². The highest BCUT2D eigenvalue weighted by Gasteiger charge is 2.31. The Balaban J connectivity index is 0.00000144. The maximum Gasteiger partial charge on any atom is 0.254 e. The molecule has 96 valence electrons. The monoisotopic (exact) mass is 258 g/mol. The number of furan rings is 1. The molecule has 1 saturated carbocycles. The molecule has 17 heavy (non-hydrogen) atoms. The molecule has 0 atom stereocenters. The number of nitrogens with two attached hydrogens (primary N) is 1. The Morgan fingerprint density at radius 2 is 2.29 bits per heavy atom. The molecule has 1 aliphatic rings. The van der Waals surface area contributed by atoms with Crippen LogP contribution in [-0.2, 0) is 6.54 Å². The van der Waals surface area contributed by atoms with E-state index in [1.54, 1.807) is 6.07 Å². The number of hydrogen-bond donors (Lipinski definition) is 2. The highest BCUT2D eigenvalue weighted by atomic mass is 35.5. The lowest BCUT2D eigenvalue weighted by atomic mass is 9.70. The van der Waals surface area contributed by atoms with Gasteiger partial charge in [0, 0.05) is 6.54 Å². The van der Waals surface area contributed by atoms with Gasteiger partial charge in [0.05, 0.1) is 12.1 Å². The molecule has 0 saturated heterocycles. The van der Waals surface area contributed by atoms with Crippen molar-refractivity contribution in [2.75, 3.05) is 6.54 Å². The molecule has 1 fully saturated rings. The first-order valence-corrected chi connectivity index (χ1v) is 5.69. The zero-order chi connectivity index (χ0) is 11.6. The lowest BCUT2D eigenvalue weighted by molar-refractivity contribution is 0.0890. The summed E-state index contributed by atoms with van der Waals surface area (Å²) in [6.07, 6.45) is 5.13. The number of nitrogens with one attached hydrogen (secondary N) is 1. The van der Waals surface area contributed by atoms with E-state index in [1.807, 2.05) is 0 Å². The first-order valence-electron chi connectivity index (χ1n) is 5.69. The third-order valence-electron chi connectivity index (χ3n) is 3.35. The van der Waals surface area contributed by atoms with Crippen LogP contribution < -0.4 is 11.1 Å². The predicted molar refractivity (Wildman–Crippen MR) is 68.1 cm³/mol. The summed E-state index contributed by atoms with van der Waals surface area (Å²) < 4.78 is 5.12. The lowest BCUT2D eigenvalue weighted by Crippen LogP contribution is -2.39. The van der Waals surface area contributed by atoms with Crippen LogP contribution in [0.2, 0.25) is 0 Å². The van der Waals surface area contributed by atoms with Gasteiger partial charge in [-0.25, -0.2) is 0 Å². The van der Waals surface area contributed by atoms with Gasteiger partial charge in [0.15, 0.2) is 0 Å². The molecule has 1 aliphatic carbocycles. The van der Waals surface area contributed by atoms with Crippen LogP contribution in [0.4, 0.5) is 0 Å². The molecule has 2 rings (SSSR count). The Kier molecular flexibility index (Phi) is 4.60. The largest absolute Gasteiger partial charge is 0.467 e. The molecule has 0 unspecified atom stereocenters. The Bertz CT molecular complexity index is 386. The van der Waals surface area contributed by atoms with Gasteiger partial charge in [-0.3, -0.25) is 4.79 Å². The molecule has 0 aliphatic heterocycles. The number of halogens is 1. The normalized spacial score (nSPS) is 16.8. The van der Waals surface area contributed by atoms with E-state index in [1.165, 1.54) is 25.5 Å². The molecular weight excluding hydrogens is 240 g/mol. The van der Waals surface area contributed by atoms with E-state index in [2.05, 4.69) is 12.2 Å². The standard InChI is InChI=1S/C12H18N2O2.ClH/c1-12(3-2-4-12)8-14-11(15)9-5-10(6-13)16-7-9;/h5,7H,2-4,6,8,13H2,1H3,(H,14,15);1H. The smallest absolute Gasteiger partial charge is 0.254 e. The number of carbonyl (C=O) groups is 1. The summed E-state index contributed by atoms with van der Waals surface area (Å²) in [5, 5.41) is 2.94. The fourth-order valence-corrected chi connectivity index (χ4v) is 1.96. The second kappa shape index (κ2) is 5.56. The maximum absolute atomic E-state index is 11.7. The van der Waals surface area contributed by atoms with Crippen molar-refractivity contribution in [2.45, 2.75) is 32.7 Å². The third kappa shape index (κ3) is 3.23. The fourth-order valence-electron chi connectivity index (χ4n) is 1.96. The maximum atomic E-state index is 11.7. The van der Waals surface area contributed by atoms with E-state index < -0.39 is 0 Å². The van der Waals surface area contributed by atoms with E-state index in [0.717, 1.165) is 6.54 Å². The van der Waals surface area contributed by atoms with Crippen LogP contribution in [0.3, 0.4) is 0 Å². The fraction of sp³-hybridized carbons (Fsp3) is 0.583. The van der Waals surface area contributed by atoms with Gasteiger partial charge in [-0.1, -0.05) is 13.3 Å². The predicted octanol–water partition coefficient (Wildman–Crippen LogP) is 2.08. The molecule has 4 nitrogen and oxygen atoms in total. The number of hydrogen-bond acceptors (Lipinski definition) is 3. The summed E-state index contributed by atoms with van der Waals surface area (Å²) in [7, 11) is 0. The van der Waals surface area contributed by atoms with E-state index >= 15 is 0 Å². The molecule has 1 amide bonds. The van der Waals surface area contributed by atoms with Crippen molar-refractivity contribution in [1.29, 1.82) is 0 Å². The topological polar surface area (TPSA) is 68.3 Å². The van der Waals surface area contributed by atoms with Gasteiger partial charge in [-0.15, -0.1) is 12.4 Å². The summed E-state index contributed by atoms with van der Waals surface area (Å²) >= 11 is 0. The van der Waals surface area contributed by atoms with Gasteiger partial charge < -0.3 is 15.5 Å². The number of rotatable bonds is 4. The molecule has 3 N–H and O–H groups in total. The van der Waals surface area contributed by atoms with Crippen LogP contribution >= 0.6 is 12.4 Å². The molecule has 1 heterocycles. The first kappa shape index (κ1) is 14.1. The van der Waals surface area contributed by atoms with E-state index in [4.69, 9.17) is 10.2 Å². The van der Waals surface area contributed by atoms with Crippen LogP contribution in [0.25, 0.3) is 0 Å². The summed E-state index contributed by atoms with van der Waals surface area (Å²) in [6.45, 7) is 3.28. The number of carbonyl (C=O) groups excluding carboxylic acids is 1. The second-order valence-electron chi connectivity index (χ2n) is 4.85. The molecule has 0 aromatic carbocycles. The van der Waals surface area contributed by atoms with Crippen LogP contribution in [0, 0.1) is 5.41 Å². The van der Waals surface area contributed by atoms with Crippen LogP contribution in [0.1, 0.15) is 42.3 Å². The van der Waals surface area contributed by atoms with Crippen molar-refractivity contribution < 1.29 is 9.21 Å². The van der Waals surface area contributed by atoms with Crippen molar-refractivity contribution in [3.05, 3.63) is 23.7 Å². The minimum Gasteiger partial charge on any atom is -0.467 e. The lowest BCUT2D eigenvalue weighted by Gasteiger charge is -2.38. The van der Waals surface area contributed by atoms with Gasteiger partial charge in [0.25, 0.3) is 5.91 Å². The molecule has 0 radical (unpaired) electrons. The van der Waals surface area contributed by atoms with Crippen LogP contribution in [-0.4, -0.2) is 12.5 Å². The molecule has 0 spiro atoms. The highest BCUT2D eigenvalue weighted by Crippen LogP contribution is 2.39. The molecule has 1 aromatic heterocycles. The van der Waals surface area contributed by atoms with E-state index in [-0.39, 0.29) is 18.3 Å². The zero-order valence-electron chi connectivity index (χ0n) is 9.99. The van der Waals surface area contributed by atoms with E-state index in [0.29, 0.717) is 23.3 Å². The Morgan fingerprint density at radius 3 is 2.76 bits per heavy atom. The highest BCUT2D eigenvalue weighted by molar-refractivity contribution is 5.93. The minimum absolute atomic E-state index is 0. The van der Waals surface area contributed by atoms with Gasteiger partial charge >= 0.3 is 0 Å². The van der Waals surface area contributed by atoms with Crippen LogP contribution in [0.15, 0.2) is 16.7 Å². The number of amides is 1. The molecule has 5 heteroatoms. The summed E-state index contributed by atoms with van der Waals surface area (Å²) in [4.78, 5) is 11.7. The van der Waals surface area contributed by atoms with Crippen molar-refractivity contribution >= 4 is 18.3 Å². The summed E-state index contributed by atoms with van der Waals surface area (Å²) in [6, 6.07) is 1.69. The molecular formula is C12H19ClN2O2. The SMILES string of the molecule is CC1(CNC(=O)c2coc(CN)c2)CCC1.Cl. The quantitative estimate of drug-likeness (QED) is 0.869. The molecule has 0 bridgehead atoms. The molecule has 1 aromatic rings. The van der Waals surface area contributed by atoms with Crippen molar-refractivity contribution in [3.63, 3.8) is 0 Å². The van der Waals surface area contributed by atoms with Crippen molar-refractivity contribution in [2.24, 2.45) is 11.1 Å². The average molecular weight is 259 g/mol. The third-order valence-corrected chi connectivity index (χ3v) is 3.35. The summed E-state index contributed by atoms with van der Waals surface area (Å²) in [5.74, 6) is 0.566. The van der Waals surface area contributed by atoms with E-state index in [9.17, 15) is 4.79 Å². The Hall–Kier alpha value is -1.00. The van der Waals surface area contributed by atoms with Gasteiger partial charge in [-0.2, -0.15) is 0 Å². The summed E-state index contributed by atoms with van der Waals surface area (Å²) in [5.41, 5.74) is 6.27. The zero-order valence-corrected chi connectivity index (χ0v) is 10.8. The second-order valence-corrected chi connectivity index (χ2v) is 4.85. The van der Waals surface area contributed by atoms with Gasteiger partial charge in [0.2, 0.25) is 0 Å². The van der Waals surface area contributed by atoms with Crippen LogP contribution in [0.5, 0.6) is 0 Å². The first-order chi connectivity index (χ1) is 7.63. The Labute approximate surface area is 107 Å².